The Morgan fingerprint density at radius 1 is 1.44 bits per heavy atom. The van der Waals surface area contributed by atoms with Gasteiger partial charge in [-0.25, -0.2) is 4.98 Å². The highest BCUT2D eigenvalue weighted by atomic mass is 16.5. The second-order valence-electron chi connectivity index (χ2n) is 4.59. The van der Waals surface area contributed by atoms with Crippen molar-refractivity contribution in [3.05, 3.63) is 11.8 Å². The van der Waals surface area contributed by atoms with Crippen molar-refractivity contribution in [1.82, 2.24) is 9.97 Å². The maximum Gasteiger partial charge on any atom is 0.222 e. The Kier molecular flexibility index (Phi) is 4.33. The number of aromatic nitrogens is 2. The molecule has 1 aliphatic rings. The molecule has 0 aromatic carbocycles. The summed E-state index contributed by atoms with van der Waals surface area (Å²) in [6.45, 7) is 4.07. The van der Waals surface area contributed by atoms with Gasteiger partial charge in [-0.3, -0.25) is 0 Å². The van der Waals surface area contributed by atoms with Crippen LogP contribution in [0.15, 0.2) is 6.07 Å². The number of nitrogens with one attached hydrogen (secondary N) is 1. The number of hydrogen-bond donors (Lipinski definition) is 3. The van der Waals surface area contributed by atoms with Gasteiger partial charge in [0.2, 0.25) is 5.95 Å². The van der Waals surface area contributed by atoms with E-state index in [-0.39, 0.29) is 0 Å². The number of hydrogen-bond acceptors (Lipinski definition) is 6. The second-order valence-corrected chi connectivity index (χ2v) is 4.59. The molecule has 6 nitrogen and oxygen atoms in total. The van der Waals surface area contributed by atoms with Crippen molar-refractivity contribution in [2.24, 2.45) is 5.73 Å². The summed E-state index contributed by atoms with van der Waals surface area (Å²) in [5, 5.41) is 3.19. The van der Waals surface area contributed by atoms with Crippen LogP contribution in [0.1, 0.15) is 31.4 Å². The maximum atomic E-state index is 5.79. The summed E-state index contributed by atoms with van der Waals surface area (Å²) in [4.78, 5) is 8.43. The smallest absolute Gasteiger partial charge is 0.222 e. The lowest BCUT2D eigenvalue weighted by atomic mass is 9.78. The maximum absolute atomic E-state index is 5.79. The zero-order chi connectivity index (χ0) is 13.0. The van der Waals surface area contributed by atoms with Gasteiger partial charge in [0.25, 0.3) is 0 Å². The average Bonchev–Trinajstić information content (AvgIpc) is 2.30. The molecule has 18 heavy (non-hydrogen) atoms. The van der Waals surface area contributed by atoms with Crippen LogP contribution >= 0.6 is 0 Å². The summed E-state index contributed by atoms with van der Waals surface area (Å²) in [5.74, 6) is 1.50. The minimum absolute atomic E-state index is 0.306. The van der Waals surface area contributed by atoms with Crippen LogP contribution in [0.4, 0.5) is 11.8 Å². The summed E-state index contributed by atoms with van der Waals surface area (Å²) in [6.07, 6.45) is 1.96. The van der Waals surface area contributed by atoms with E-state index in [0.717, 1.165) is 31.0 Å². The van der Waals surface area contributed by atoms with E-state index >= 15 is 0 Å². The van der Waals surface area contributed by atoms with Crippen molar-refractivity contribution in [1.29, 1.82) is 0 Å². The molecular formula is C12H21N5O. The Hall–Kier alpha value is -1.40. The molecule has 1 aromatic rings. The minimum atomic E-state index is 0.306. The molecule has 100 valence electrons. The van der Waals surface area contributed by atoms with Crippen LogP contribution in [0.3, 0.4) is 0 Å². The van der Waals surface area contributed by atoms with Crippen LogP contribution in [-0.4, -0.2) is 35.8 Å². The van der Waals surface area contributed by atoms with Gasteiger partial charge in [0.15, 0.2) is 0 Å². The van der Waals surface area contributed by atoms with Gasteiger partial charge >= 0.3 is 0 Å². The predicted octanol–water partition coefficient (Wildman–Crippen LogP) is 0.712. The molecule has 6 heteroatoms. The predicted molar refractivity (Wildman–Crippen MR) is 71.4 cm³/mol. The monoisotopic (exact) mass is 251 g/mol. The third kappa shape index (κ3) is 3.30. The molecule has 5 N–H and O–H groups in total. The van der Waals surface area contributed by atoms with E-state index in [1.807, 2.05) is 13.0 Å². The van der Waals surface area contributed by atoms with E-state index in [4.69, 9.17) is 16.2 Å². The SMILES string of the molecule is CCOCCNc1cc(C2CC(N)C2)nc(N)n1. The standard InChI is InChI=1S/C12H21N5O/c1-2-18-4-3-15-11-7-10(16-12(14)17-11)8-5-9(13)6-8/h7-9H,2-6,13H2,1H3,(H3,14,15,16,17). The van der Waals surface area contributed by atoms with Crippen molar-refractivity contribution in [3.8, 4) is 0 Å². The quantitative estimate of drug-likeness (QED) is 0.644. The molecule has 1 aliphatic carbocycles. The highest BCUT2D eigenvalue weighted by molar-refractivity contribution is 5.41. The lowest BCUT2D eigenvalue weighted by molar-refractivity contribution is 0.158. The van der Waals surface area contributed by atoms with Gasteiger partial charge in [-0.2, -0.15) is 4.98 Å². The fourth-order valence-electron chi connectivity index (χ4n) is 2.08. The summed E-state index contributed by atoms with van der Waals surface area (Å²) in [7, 11) is 0. The van der Waals surface area contributed by atoms with Crippen molar-refractivity contribution in [3.63, 3.8) is 0 Å². The van der Waals surface area contributed by atoms with Gasteiger partial charge in [0.1, 0.15) is 5.82 Å². The van der Waals surface area contributed by atoms with Gasteiger partial charge in [0.05, 0.1) is 12.3 Å². The molecule has 1 aromatic heterocycles. The lowest BCUT2D eigenvalue weighted by Crippen LogP contribution is -2.35. The first-order valence-electron chi connectivity index (χ1n) is 6.40. The van der Waals surface area contributed by atoms with Crippen molar-refractivity contribution < 1.29 is 4.74 Å². The molecule has 0 saturated heterocycles. The Balaban J connectivity index is 1.93. The number of rotatable bonds is 6. The average molecular weight is 251 g/mol. The Labute approximate surface area is 107 Å². The fourth-order valence-corrected chi connectivity index (χ4v) is 2.08. The van der Waals surface area contributed by atoms with Crippen LogP contribution in [-0.2, 0) is 4.74 Å². The number of ether oxygens (including phenoxy) is 1. The van der Waals surface area contributed by atoms with E-state index in [2.05, 4.69) is 15.3 Å². The molecule has 1 fully saturated rings. The molecule has 0 spiro atoms. The summed E-state index contributed by atoms with van der Waals surface area (Å²) in [6, 6.07) is 2.26. The second kappa shape index (κ2) is 5.97. The van der Waals surface area contributed by atoms with E-state index in [0.29, 0.717) is 31.1 Å². The Morgan fingerprint density at radius 2 is 2.22 bits per heavy atom. The first-order valence-corrected chi connectivity index (χ1v) is 6.40. The van der Waals surface area contributed by atoms with E-state index in [1.54, 1.807) is 0 Å². The number of nitrogens with two attached hydrogens (primary N) is 2. The molecule has 0 unspecified atom stereocenters. The van der Waals surface area contributed by atoms with Gasteiger partial charge in [0, 0.05) is 31.2 Å². The largest absolute Gasteiger partial charge is 0.380 e. The Bertz CT molecular complexity index is 392. The van der Waals surface area contributed by atoms with Crippen molar-refractivity contribution >= 4 is 11.8 Å². The molecule has 0 bridgehead atoms. The van der Waals surface area contributed by atoms with Crippen LogP contribution in [0.25, 0.3) is 0 Å². The van der Waals surface area contributed by atoms with Crippen molar-refractivity contribution in [2.45, 2.75) is 31.7 Å². The summed E-state index contributed by atoms with van der Waals surface area (Å²) < 4.78 is 5.26. The van der Waals surface area contributed by atoms with Crippen LogP contribution < -0.4 is 16.8 Å². The molecule has 1 heterocycles. The molecule has 0 aliphatic heterocycles. The van der Waals surface area contributed by atoms with Crippen LogP contribution in [0.2, 0.25) is 0 Å². The number of nitrogens with zero attached hydrogens (tertiary/aromatic N) is 2. The van der Waals surface area contributed by atoms with E-state index < -0.39 is 0 Å². The normalized spacial score (nSPS) is 22.6. The zero-order valence-corrected chi connectivity index (χ0v) is 10.7. The number of nitrogen functional groups attached to an aromatic ring is 1. The lowest BCUT2D eigenvalue weighted by Gasteiger charge is -2.32. The summed E-state index contributed by atoms with van der Waals surface area (Å²) >= 11 is 0. The molecule has 0 atom stereocenters. The topological polar surface area (TPSA) is 99.1 Å². The first-order chi connectivity index (χ1) is 8.69. The van der Waals surface area contributed by atoms with E-state index in [1.165, 1.54) is 0 Å². The zero-order valence-electron chi connectivity index (χ0n) is 10.7. The molecule has 1 saturated carbocycles. The first kappa shape index (κ1) is 13.0. The highest BCUT2D eigenvalue weighted by Gasteiger charge is 2.28. The molecule has 0 amide bonds. The van der Waals surface area contributed by atoms with E-state index in [9.17, 15) is 0 Å². The van der Waals surface area contributed by atoms with Gasteiger partial charge < -0.3 is 21.5 Å². The number of anilines is 2. The summed E-state index contributed by atoms with van der Waals surface area (Å²) in [5.41, 5.74) is 12.5. The van der Waals surface area contributed by atoms with Gasteiger partial charge in [-0.05, 0) is 19.8 Å². The third-order valence-electron chi connectivity index (χ3n) is 3.11. The van der Waals surface area contributed by atoms with Crippen LogP contribution in [0.5, 0.6) is 0 Å². The molecular weight excluding hydrogens is 230 g/mol. The fraction of sp³-hybridized carbons (Fsp3) is 0.667. The van der Waals surface area contributed by atoms with Gasteiger partial charge in [-0.1, -0.05) is 0 Å². The van der Waals surface area contributed by atoms with Crippen LogP contribution in [0, 0.1) is 0 Å². The van der Waals surface area contributed by atoms with Gasteiger partial charge in [-0.15, -0.1) is 0 Å². The molecule has 2 rings (SSSR count). The minimum Gasteiger partial charge on any atom is -0.380 e. The molecule has 0 radical (unpaired) electrons. The van der Waals surface area contributed by atoms with Crippen molar-refractivity contribution in [2.75, 3.05) is 30.8 Å². The third-order valence-corrected chi connectivity index (χ3v) is 3.11. The Morgan fingerprint density at radius 3 is 2.89 bits per heavy atom. The highest BCUT2D eigenvalue weighted by Crippen LogP contribution is 2.35.